The van der Waals surface area contributed by atoms with E-state index < -0.39 is 17.8 Å². The van der Waals surface area contributed by atoms with Gasteiger partial charge in [-0.3, -0.25) is 14.4 Å². The maximum absolute atomic E-state index is 12.5. The van der Waals surface area contributed by atoms with Crippen LogP contribution >= 0.6 is 0 Å². The molecule has 2 N–H and O–H groups in total. The molecule has 0 aromatic heterocycles. The van der Waals surface area contributed by atoms with Gasteiger partial charge in [0.25, 0.3) is 5.91 Å². The zero-order valence-corrected chi connectivity index (χ0v) is 14.8. The minimum atomic E-state index is -0.972. The predicted octanol–water partition coefficient (Wildman–Crippen LogP) is 1.64. The van der Waals surface area contributed by atoms with E-state index in [-0.39, 0.29) is 19.0 Å². The maximum Gasteiger partial charge on any atom is 0.312 e. The lowest BCUT2D eigenvalue weighted by molar-refractivity contribution is -0.141. The highest BCUT2D eigenvalue weighted by Crippen LogP contribution is 2.28. The minimum Gasteiger partial charge on any atom is -0.497 e. The van der Waals surface area contributed by atoms with Crippen molar-refractivity contribution in [1.29, 1.82) is 0 Å². The van der Waals surface area contributed by atoms with Gasteiger partial charge in [-0.05, 0) is 29.3 Å². The standard InChI is InChI=1S/C20H20N2O5/c1-27-15-7-4-6-13(9-15)19(24)21-10-18(23)22-11-14-5-2-3-8-16(14)17(12-22)20(25)26/h2-9,17H,10-12H2,1H3,(H,21,24)(H,25,26). The molecule has 2 amide bonds. The number of carbonyl (C=O) groups is 3. The molecule has 3 rings (SSSR count). The first kappa shape index (κ1) is 18.4. The second-order valence-corrected chi connectivity index (χ2v) is 6.28. The van der Waals surface area contributed by atoms with Crippen molar-refractivity contribution in [3.05, 3.63) is 65.2 Å². The van der Waals surface area contributed by atoms with E-state index in [1.54, 1.807) is 36.4 Å². The van der Waals surface area contributed by atoms with Gasteiger partial charge >= 0.3 is 5.97 Å². The van der Waals surface area contributed by atoms with Crippen molar-refractivity contribution in [2.24, 2.45) is 0 Å². The van der Waals surface area contributed by atoms with Gasteiger partial charge in [0.15, 0.2) is 0 Å². The Morgan fingerprint density at radius 1 is 1.19 bits per heavy atom. The van der Waals surface area contributed by atoms with Crippen LogP contribution in [0.1, 0.15) is 27.4 Å². The van der Waals surface area contributed by atoms with E-state index in [9.17, 15) is 19.5 Å². The lowest BCUT2D eigenvalue weighted by atomic mass is 9.90. The molecule has 7 heteroatoms. The zero-order chi connectivity index (χ0) is 19.4. The minimum absolute atomic E-state index is 0.0835. The molecular formula is C20H20N2O5. The Bertz CT molecular complexity index is 880. The molecule has 27 heavy (non-hydrogen) atoms. The molecule has 1 aliphatic rings. The topological polar surface area (TPSA) is 95.9 Å². The summed E-state index contributed by atoms with van der Waals surface area (Å²) in [6.07, 6.45) is 0. The van der Waals surface area contributed by atoms with Crippen LogP contribution in [0.4, 0.5) is 0 Å². The van der Waals surface area contributed by atoms with E-state index in [4.69, 9.17) is 4.74 Å². The van der Waals surface area contributed by atoms with Gasteiger partial charge in [-0.15, -0.1) is 0 Å². The summed E-state index contributed by atoms with van der Waals surface area (Å²) in [6, 6.07) is 13.8. The molecule has 2 aromatic carbocycles. The van der Waals surface area contributed by atoms with Gasteiger partial charge in [-0.2, -0.15) is 0 Å². The molecule has 0 aliphatic carbocycles. The monoisotopic (exact) mass is 368 g/mol. The van der Waals surface area contributed by atoms with Crippen molar-refractivity contribution >= 4 is 17.8 Å². The molecule has 0 spiro atoms. The van der Waals surface area contributed by atoms with Gasteiger partial charge in [0.1, 0.15) is 5.75 Å². The number of rotatable bonds is 5. The highest BCUT2D eigenvalue weighted by molar-refractivity contribution is 5.96. The number of carboxylic acid groups (broad SMARTS) is 1. The molecule has 0 saturated heterocycles. The number of amides is 2. The van der Waals surface area contributed by atoms with Crippen LogP contribution in [0.15, 0.2) is 48.5 Å². The molecule has 0 saturated carbocycles. The number of hydrogen-bond donors (Lipinski definition) is 2. The first-order valence-electron chi connectivity index (χ1n) is 8.50. The van der Waals surface area contributed by atoms with Crippen LogP contribution in [0.3, 0.4) is 0 Å². The van der Waals surface area contributed by atoms with E-state index in [1.807, 2.05) is 12.1 Å². The number of methoxy groups -OCH3 is 1. The summed E-state index contributed by atoms with van der Waals surface area (Å²) in [4.78, 5) is 37.8. The summed E-state index contributed by atoms with van der Waals surface area (Å²) in [5.41, 5.74) is 1.92. The lowest BCUT2D eigenvalue weighted by Gasteiger charge is -2.32. The van der Waals surface area contributed by atoms with Crippen molar-refractivity contribution < 1.29 is 24.2 Å². The van der Waals surface area contributed by atoms with Gasteiger partial charge in [0, 0.05) is 18.7 Å². The van der Waals surface area contributed by atoms with E-state index in [0.717, 1.165) is 11.1 Å². The molecule has 0 bridgehead atoms. The number of nitrogens with one attached hydrogen (secondary N) is 1. The quantitative estimate of drug-likeness (QED) is 0.836. The fourth-order valence-electron chi connectivity index (χ4n) is 3.14. The average Bonchev–Trinajstić information content (AvgIpc) is 2.70. The van der Waals surface area contributed by atoms with Crippen molar-refractivity contribution in [2.45, 2.75) is 12.5 Å². The van der Waals surface area contributed by atoms with Crippen molar-refractivity contribution in [2.75, 3.05) is 20.2 Å². The summed E-state index contributed by atoms with van der Waals surface area (Å²) in [7, 11) is 1.51. The lowest BCUT2D eigenvalue weighted by Crippen LogP contribution is -2.45. The van der Waals surface area contributed by atoms with E-state index in [0.29, 0.717) is 17.9 Å². The Balaban J connectivity index is 1.66. The maximum atomic E-state index is 12.5. The van der Waals surface area contributed by atoms with Crippen LogP contribution < -0.4 is 10.1 Å². The van der Waals surface area contributed by atoms with Gasteiger partial charge < -0.3 is 20.1 Å². The van der Waals surface area contributed by atoms with Crippen LogP contribution in [0, 0.1) is 0 Å². The molecule has 0 fully saturated rings. The van der Waals surface area contributed by atoms with Crippen LogP contribution in [-0.2, 0) is 16.1 Å². The number of ether oxygens (including phenoxy) is 1. The summed E-state index contributed by atoms with van der Waals surface area (Å²) < 4.78 is 5.08. The fourth-order valence-corrected chi connectivity index (χ4v) is 3.14. The molecule has 0 radical (unpaired) electrons. The molecule has 2 aromatic rings. The van der Waals surface area contributed by atoms with Crippen molar-refractivity contribution in [1.82, 2.24) is 10.2 Å². The highest BCUT2D eigenvalue weighted by atomic mass is 16.5. The fraction of sp³-hybridized carbons (Fsp3) is 0.250. The average molecular weight is 368 g/mol. The van der Waals surface area contributed by atoms with E-state index in [2.05, 4.69) is 5.32 Å². The SMILES string of the molecule is COc1cccc(C(=O)NCC(=O)N2Cc3ccccc3C(C(=O)O)C2)c1. The van der Waals surface area contributed by atoms with E-state index >= 15 is 0 Å². The van der Waals surface area contributed by atoms with Gasteiger partial charge in [-0.1, -0.05) is 30.3 Å². The molecule has 140 valence electrons. The third kappa shape index (κ3) is 4.08. The van der Waals surface area contributed by atoms with Crippen LogP contribution in [0.25, 0.3) is 0 Å². The molecular weight excluding hydrogens is 348 g/mol. The molecule has 1 aliphatic heterocycles. The summed E-state index contributed by atoms with van der Waals surface area (Å²) >= 11 is 0. The van der Waals surface area contributed by atoms with Crippen LogP contribution in [-0.4, -0.2) is 48.0 Å². The highest BCUT2D eigenvalue weighted by Gasteiger charge is 2.32. The van der Waals surface area contributed by atoms with Crippen LogP contribution in [0.2, 0.25) is 0 Å². The van der Waals surface area contributed by atoms with Crippen molar-refractivity contribution in [3.8, 4) is 5.75 Å². The first-order chi connectivity index (χ1) is 13.0. The summed E-state index contributed by atoms with van der Waals surface area (Å²) in [5.74, 6) is -1.92. The normalized spacial score (nSPS) is 15.6. The third-order valence-electron chi connectivity index (χ3n) is 4.58. The first-order valence-corrected chi connectivity index (χ1v) is 8.50. The number of carbonyl (C=O) groups excluding carboxylic acids is 2. The number of carboxylic acids is 1. The summed E-state index contributed by atoms with van der Waals surface area (Å²) in [6.45, 7) is 0.207. The van der Waals surface area contributed by atoms with Crippen molar-refractivity contribution in [3.63, 3.8) is 0 Å². The molecule has 1 unspecified atom stereocenters. The largest absolute Gasteiger partial charge is 0.497 e. The zero-order valence-electron chi connectivity index (χ0n) is 14.8. The predicted molar refractivity (Wildman–Crippen MR) is 97.6 cm³/mol. The summed E-state index contributed by atoms with van der Waals surface area (Å²) in [5, 5.41) is 12.1. The third-order valence-corrected chi connectivity index (χ3v) is 4.58. The van der Waals surface area contributed by atoms with Gasteiger partial charge in [0.2, 0.25) is 5.91 Å². The molecule has 7 nitrogen and oxygen atoms in total. The smallest absolute Gasteiger partial charge is 0.312 e. The molecule has 1 atom stereocenters. The Hall–Kier alpha value is -3.35. The Labute approximate surface area is 156 Å². The number of aliphatic carboxylic acids is 1. The molecule has 1 heterocycles. The Morgan fingerprint density at radius 2 is 1.96 bits per heavy atom. The van der Waals surface area contributed by atoms with Gasteiger partial charge in [-0.25, -0.2) is 0 Å². The second kappa shape index (κ2) is 7.90. The van der Waals surface area contributed by atoms with E-state index in [1.165, 1.54) is 12.0 Å². The number of fused-ring (bicyclic) bond motifs is 1. The Morgan fingerprint density at radius 3 is 2.70 bits per heavy atom. The number of benzene rings is 2. The van der Waals surface area contributed by atoms with Gasteiger partial charge in [0.05, 0.1) is 19.6 Å². The van der Waals surface area contributed by atoms with Crippen LogP contribution in [0.5, 0.6) is 5.75 Å². The number of nitrogens with zero attached hydrogens (tertiary/aromatic N) is 1. The Kier molecular flexibility index (Phi) is 5.40. The number of hydrogen-bond acceptors (Lipinski definition) is 4. The second-order valence-electron chi connectivity index (χ2n) is 6.28.